The molecule has 4 aromatic rings. The molecule has 0 radical (unpaired) electrons. The van der Waals surface area contributed by atoms with Gasteiger partial charge in [0.25, 0.3) is 0 Å². The van der Waals surface area contributed by atoms with Crippen LogP contribution in [0.4, 0.5) is 22.1 Å². The van der Waals surface area contributed by atoms with Crippen molar-refractivity contribution in [3.63, 3.8) is 0 Å². The van der Waals surface area contributed by atoms with E-state index >= 15 is 0 Å². The molecule has 0 aliphatic carbocycles. The van der Waals surface area contributed by atoms with E-state index < -0.39 is 12.1 Å². The summed E-state index contributed by atoms with van der Waals surface area (Å²) in [5.41, 5.74) is 2.17. The molecule has 3 amide bonds. The predicted octanol–water partition coefficient (Wildman–Crippen LogP) is 6.26. The van der Waals surface area contributed by atoms with E-state index in [0.29, 0.717) is 28.8 Å². The molecule has 1 atom stereocenters. The maximum absolute atomic E-state index is 13.1. The van der Waals surface area contributed by atoms with Crippen LogP contribution >= 0.6 is 0 Å². The number of carbonyl (C=O) groups is 2. The second-order valence-corrected chi connectivity index (χ2v) is 10.8. The zero-order chi connectivity index (χ0) is 29.7. The highest BCUT2D eigenvalue weighted by molar-refractivity contribution is 6.08. The topological polar surface area (TPSA) is 118 Å². The summed E-state index contributed by atoms with van der Waals surface area (Å²) in [7, 11) is 4.95. The van der Waals surface area contributed by atoms with Gasteiger partial charge < -0.3 is 30.3 Å². The molecular weight excluding hydrogens is 520 g/mol. The van der Waals surface area contributed by atoms with Gasteiger partial charge >= 0.3 is 6.03 Å². The first-order valence-corrected chi connectivity index (χ1v) is 13.2. The number of hydrogen-bond donors (Lipinski definition) is 3. The van der Waals surface area contributed by atoms with E-state index in [1.165, 1.54) is 4.90 Å². The highest BCUT2D eigenvalue weighted by atomic mass is 16.5. The molecule has 1 heterocycles. The molecule has 0 saturated heterocycles. The molecule has 1 aromatic heterocycles. The minimum Gasteiger partial charge on any atom is -0.495 e. The van der Waals surface area contributed by atoms with Gasteiger partial charge in [-0.25, -0.2) is 9.78 Å². The number of urea groups is 1. The predicted molar refractivity (Wildman–Crippen MR) is 162 cm³/mol. The second-order valence-electron chi connectivity index (χ2n) is 10.8. The minimum absolute atomic E-state index is 0.0897. The van der Waals surface area contributed by atoms with E-state index in [9.17, 15) is 9.59 Å². The summed E-state index contributed by atoms with van der Waals surface area (Å²) < 4.78 is 11.6. The van der Waals surface area contributed by atoms with Gasteiger partial charge in [0.2, 0.25) is 17.7 Å². The first kappa shape index (κ1) is 29.1. The first-order chi connectivity index (χ1) is 19.5. The molecule has 10 nitrogen and oxygen atoms in total. The van der Waals surface area contributed by atoms with Crippen LogP contribution < -0.4 is 25.4 Å². The van der Waals surface area contributed by atoms with Crippen molar-refractivity contribution in [1.82, 2.24) is 14.9 Å². The van der Waals surface area contributed by atoms with Crippen molar-refractivity contribution in [2.75, 3.05) is 37.2 Å². The SMILES string of the molecule is COc1ccc(C(C)(C)C)cc1NC(=O)Nc1ccc(Oc2ccnc(NC(C)C(=O)N(C)C)n2)c2ccccc12. The summed E-state index contributed by atoms with van der Waals surface area (Å²) >= 11 is 0. The number of methoxy groups -OCH3 is 1. The lowest BCUT2D eigenvalue weighted by Gasteiger charge is -2.21. The molecule has 0 aliphatic heterocycles. The zero-order valence-electron chi connectivity index (χ0n) is 24.4. The molecule has 1 unspecified atom stereocenters. The molecule has 41 heavy (non-hydrogen) atoms. The van der Waals surface area contributed by atoms with Crippen LogP contribution in [0.5, 0.6) is 17.4 Å². The number of likely N-dealkylation sites (N-methyl/N-ethyl adjacent to an activating group) is 1. The normalized spacial score (nSPS) is 11.9. The van der Waals surface area contributed by atoms with Crippen molar-refractivity contribution in [3.05, 3.63) is 72.4 Å². The Labute approximate surface area is 240 Å². The zero-order valence-corrected chi connectivity index (χ0v) is 24.4. The van der Waals surface area contributed by atoms with Crippen LogP contribution in [0.15, 0.2) is 66.9 Å². The van der Waals surface area contributed by atoms with Crippen LogP contribution in [0.2, 0.25) is 0 Å². The maximum Gasteiger partial charge on any atom is 0.323 e. The average molecular weight is 557 g/mol. The Bertz CT molecular complexity index is 1560. The summed E-state index contributed by atoms with van der Waals surface area (Å²) in [4.78, 5) is 35.4. The third-order valence-electron chi connectivity index (χ3n) is 6.45. The number of carbonyl (C=O) groups excluding carboxylic acids is 2. The monoisotopic (exact) mass is 556 g/mol. The standard InChI is InChI=1S/C31H36N6O4/c1-19(28(38)37(5)6)33-29-32-17-16-27(36-29)41-25-15-13-23(21-10-8-9-11-22(21)25)34-30(39)35-24-18-20(31(2,3)4)12-14-26(24)40-7/h8-19H,1-7H3,(H,32,33,36)(H2,34,35,39). The Morgan fingerprint density at radius 3 is 2.27 bits per heavy atom. The van der Waals surface area contributed by atoms with Gasteiger partial charge in [-0.05, 0) is 42.2 Å². The van der Waals surface area contributed by atoms with Gasteiger partial charge in [-0.2, -0.15) is 4.98 Å². The van der Waals surface area contributed by atoms with Gasteiger partial charge in [-0.3, -0.25) is 4.79 Å². The van der Waals surface area contributed by atoms with E-state index in [1.807, 2.05) is 42.5 Å². The van der Waals surface area contributed by atoms with Crippen LogP contribution in [0, 0.1) is 0 Å². The number of anilines is 3. The fourth-order valence-corrected chi connectivity index (χ4v) is 4.24. The van der Waals surface area contributed by atoms with Gasteiger partial charge in [-0.1, -0.05) is 51.1 Å². The first-order valence-electron chi connectivity index (χ1n) is 13.2. The molecule has 4 rings (SSSR count). The van der Waals surface area contributed by atoms with Gasteiger partial charge in [0, 0.05) is 37.1 Å². The van der Waals surface area contributed by atoms with Crippen molar-refractivity contribution in [3.8, 4) is 17.4 Å². The summed E-state index contributed by atoms with van der Waals surface area (Å²) in [5, 5.41) is 10.4. The number of fused-ring (bicyclic) bond motifs is 1. The van der Waals surface area contributed by atoms with Crippen LogP contribution in [0.25, 0.3) is 10.8 Å². The molecule has 0 aliphatic rings. The van der Waals surface area contributed by atoms with Crippen LogP contribution in [0.1, 0.15) is 33.3 Å². The van der Waals surface area contributed by atoms with Crippen molar-refractivity contribution in [2.45, 2.75) is 39.2 Å². The Hall–Kier alpha value is -4.86. The van der Waals surface area contributed by atoms with E-state index in [4.69, 9.17) is 9.47 Å². The number of benzene rings is 3. The van der Waals surface area contributed by atoms with Crippen LogP contribution in [-0.4, -0.2) is 54.1 Å². The Kier molecular flexibility index (Phi) is 8.61. The number of nitrogens with zero attached hydrogens (tertiary/aromatic N) is 3. The van der Waals surface area contributed by atoms with Crippen molar-refractivity contribution >= 4 is 40.0 Å². The molecule has 3 N–H and O–H groups in total. The molecule has 10 heteroatoms. The molecule has 214 valence electrons. The Morgan fingerprint density at radius 2 is 1.59 bits per heavy atom. The number of rotatable bonds is 8. The molecule has 3 aromatic carbocycles. The molecule has 0 spiro atoms. The Balaban J connectivity index is 1.55. The molecule has 0 fully saturated rings. The van der Waals surface area contributed by atoms with E-state index in [-0.39, 0.29) is 17.3 Å². The lowest BCUT2D eigenvalue weighted by Crippen LogP contribution is -2.37. The van der Waals surface area contributed by atoms with Gasteiger partial charge in [0.1, 0.15) is 17.5 Å². The average Bonchev–Trinajstić information content (AvgIpc) is 2.93. The number of nitrogens with one attached hydrogen (secondary N) is 3. The van der Waals surface area contributed by atoms with E-state index in [0.717, 1.165) is 16.3 Å². The fraction of sp³-hybridized carbons (Fsp3) is 0.290. The summed E-state index contributed by atoms with van der Waals surface area (Å²) in [6.07, 6.45) is 1.56. The summed E-state index contributed by atoms with van der Waals surface area (Å²) in [6, 6.07) is 17.6. The highest BCUT2D eigenvalue weighted by Gasteiger charge is 2.19. The summed E-state index contributed by atoms with van der Waals surface area (Å²) in [6.45, 7) is 8.07. The van der Waals surface area contributed by atoms with Crippen molar-refractivity contribution < 1.29 is 19.1 Å². The molecule has 0 bridgehead atoms. The maximum atomic E-state index is 13.1. The number of aromatic nitrogens is 2. The number of hydrogen-bond acceptors (Lipinski definition) is 7. The molecule has 0 saturated carbocycles. The second kappa shape index (κ2) is 12.1. The van der Waals surface area contributed by atoms with Crippen molar-refractivity contribution in [2.24, 2.45) is 0 Å². The third-order valence-corrected chi connectivity index (χ3v) is 6.45. The number of ether oxygens (including phenoxy) is 2. The van der Waals surface area contributed by atoms with Crippen molar-refractivity contribution in [1.29, 1.82) is 0 Å². The van der Waals surface area contributed by atoms with Gasteiger partial charge in [-0.15, -0.1) is 0 Å². The van der Waals surface area contributed by atoms with Gasteiger partial charge in [0.15, 0.2) is 0 Å². The Morgan fingerprint density at radius 1 is 0.902 bits per heavy atom. The minimum atomic E-state index is -0.506. The fourth-order valence-electron chi connectivity index (χ4n) is 4.24. The largest absolute Gasteiger partial charge is 0.495 e. The van der Waals surface area contributed by atoms with Crippen LogP contribution in [0.3, 0.4) is 0 Å². The number of amides is 3. The van der Waals surface area contributed by atoms with E-state index in [1.54, 1.807) is 52.5 Å². The lowest BCUT2D eigenvalue weighted by atomic mass is 9.87. The summed E-state index contributed by atoms with van der Waals surface area (Å²) in [5.74, 6) is 1.60. The highest BCUT2D eigenvalue weighted by Crippen LogP contribution is 2.35. The van der Waals surface area contributed by atoms with E-state index in [2.05, 4.69) is 46.7 Å². The quantitative estimate of drug-likeness (QED) is 0.234. The lowest BCUT2D eigenvalue weighted by molar-refractivity contribution is -0.129. The molecular formula is C31H36N6O4. The van der Waals surface area contributed by atoms with Crippen LogP contribution in [-0.2, 0) is 10.2 Å². The van der Waals surface area contributed by atoms with Gasteiger partial charge in [0.05, 0.1) is 18.5 Å². The smallest absolute Gasteiger partial charge is 0.323 e. The third kappa shape index (κ3) is 7.02.